The molecule has 3 aromatic carbocycles. The molecule has 0 radical (unpaired) electrons. The lowest BCUT2D eigenvalue weighted by molar-refractivity contribution is -0.202. The monoisotopic (exact) mass is 454 g/mol. The highest BCUT2D eigenvalue weighted by atomic mass is 19.2. The molecular weight excluding hydrogens is 429 g/mol. The second-order valence-corrected chi connectivity index (χ2v) is 8.09. The zero-order valence-electron chi connectivity index (χ0n) is 18.3. The number of benzene rings is 3. The summed E-state index contributed by atoms with van der Waals surface area (Å²) < 4.78 is 60.4. The van der Waals surface area contributed by atoms with E-state index in [1.165, 1.54) is 18.2 Å². The van der Waals surface area contributed by atoms with Crippen molar-refractivity contribution in [3.8, 4) is 28.0 Å². The predicted octanol–water partition coefficient (Wildman–Crippen LogP) is 7.07. The Hall–Kier alpha value is -3.09. The Balaban J connectivity index is 1.53. The van der Waals surface area contributed by atoms with Gasteiger partial charge in [-0.1, -0.05) is 49.4 Å². The van der Waals surface area contributed by atoms with E-state index in [1.54, 1.807) is 42.5 Å². The van der Waals surface area contributed by atoms with Crippen molar-refractivity contribution in [2.24, 2.45) is 5.92 Å². The lowest BCUT2D eigenvalue weighted by Gasteiger charge is -2.27. The molecule has 172 valence electrons. The van der Waals surface area contributed by atoms with Gasteiger partial charge in [0.15, 0.2) is 17.9 Å². The first kappa shape index (κ1) is 23.1. The van der Waals surface area contributed by atoms with Crippen molar-refractivity contribution in [3.63, 3.8) is 0 Å². The maximum atomic E-state index is 14.8. The van der Waals surface area contributed by atoms with E-state index in [-0.39, 0.29) is 17.9 Å². The van der Waals surface area contributed by atoms with Gasteiger partial charge in [-0.25, -0.2) is 8.78 Å². The van der Waals surface area contributed by atoms with Gasteiger partial charge in [0.1, 0.15) is 5.82 Å². The molecule has 0 bridgehead atoms. The van der Waals surface area contributed by atoms with Crippen molar-refractivity contribution >= 4 is 0 Å². The van der Waals surface area contributed by atoms with Gasteiger partial charge in [-0.3, -0.25) is 0 Å². The smallest absolute Gasteiger partial charge is 0.201 e. The molecule has 0 atom stereocenters. The second-order valence-electron chi connectivity index (χ2n) is 8.09. The summed E-state index contributed by atoms with van der Waals surface area (Å²) in [6, 6.07) is 14.3. The third-order valence-corrected chi connectivity index (χ3v) is 5.46. The Morgan fingerprint density at radius 2 is 1.55 bits per heavy atom. The quantitative estimate of drug-likeness (QED) is 0.282. The molecule has 3 nitrogen and oxygen atoms in total. The van der Waals surface area contributed by atoms with Crippen molar-refractivity contribution < 1.29 is 27.4 Å². The van der Waals surface area contributed by atoms with Gasteiger partial charge in [-0.2, -0.15) is 4.39 Å². The fraction of sp³-hybridized carbons (Fsp3) is 0.259. The minimum atomic E-state index is -1.04. The summed E-state index contributed by atoms with van der Waals surface area (Å²) in [4.78, 5) is 0. The topological polar surface area (TPSA) is 27.7 Å². The molecule has 4 rings (SSSR count). The van der Waals surface area contributed by atoms with Crippen LogP contribution in [-0.2, 0) is 9.47 Å². The van der Waals surface area contributed by atoms with E-state index in [0.717, 1.165) is 0 Å². The highest BCUT2D eigenvalue weighted by molar-refractivity contribution is 5.71. The molecule has 6 heteroatoms. The lowest BCUT2D eigenvalue weighted by Crippen LogP contribution is -2.25. The SMILES string of the molecule is C=CCCOc1ccc(-c2ccc(-c3ccc(C4OCC(C)CO4)cc3F)cc2)c(F)c1F. The minimum Gasteiger partial charge on any atom is -0.490 e. The Morgan fingerprint density at radius 1 is 0.909 bits per heavy atom. The zero-order valence-corrected chi connectivity index (χ0v) is 18.3. The van der Waals surface area contributed by atoms with Crippen LogP contribution in [0.4, 0.5) is 13.2 Å². The van der Waals surface area contributed by atoms with Gasteiger partial charge in [-0.05, 0) is 35.7 Å². The Morgan fingerprint density at radius 3 is 2.18 bits per heavy atom. The molecule has 0 amide bonds. The summed E-state index contributed by atoms with van der Waals surface area (Å²) in [6.07, 6.45) is 1.59. The van der Waals surface area contributed by atoms with Crippen LogP contribution in [0.5, 0.6) is 5.75 Å². The van der Waals surface area contributed by atoms with Gasteiger partial charge in [0, 0.05) is 22.6 Å². The van der Waals surface area contributed by atoms with Crippen LogP contribution in [0.25, 0.3) is 22.3 Å². The van der Waals surface area contributed by atoms with Crippen LogP contribution in [0.15, 0.2) is 67.3 Å². The molecular formula is C27H25F3O3. The fourth-order valence-electron chi connectivity index (χ4n) is 3.65. The van der Waals surface area contributed by atoms with E-state index in [9.17, 15) is 13.2 Å². The third-order valence-electron chi connectivity index (χ3n) is 5.46. The first-order valence-electron chi connectivity index (χ1n) is 10.8. The van der Waals surface area contributed by atoms with Crippen LogP contribution in [0.3, 0.4) is 0 Å². The van der Waals surface area contributed by atoms with Crippen molar-refractivity contribution in [1.82, 2.24) is 0 Å². The maximum Gasteiger partial charge on any atom is 0.201 e. The van der Waals surface area contributed by atoms with Crippen LogP contribution in [0.2, 0.25) is 0 Å². The highest BCUT2D eigenvalue weighted by Crippen LogP contribution is 2.33. The summed E-state index contributed by atoms with van der Waals surface area (Å²) in [5, 5.41) is 0. The van der Waals surface area contributed by atoms with Crippen LogP contribution in [0.1, 0.15) is 25.2 Å². The summed E-state index contributed by atoms with van der Waals surface area (Å²) in [5.74, 6) is -2.27. The van der Waals surface area contributed by atoms with Gasteiger partial charge in [-0.15, -0.1) is 6.58 Å². The summed E-state index contributed by atoms with van der Waals surface area (Å²) in [6.45, 7) is 6.94. The molecule has 1 aliphatic heterocycles. The molecule has 0 spiro atoms. The lowest BCUT2D eigenvalue weighted by atomic mass is 9.98. The van der Waals surface area contributed by atoms with Crippen molar-refractivity contribution in [2.45, 2.75) is 19.6 Å². The molecule has 1 aliphatic rings. The van der Waals surface area contributed by atoms with Crippen molar-refractivity contribution in [2.75, 3.05) is 19.8 Å². The van der Waals surface area contributed by atoms with Gasteiger partial charge >= 0.3 is 0 Å². The molecule has 0 aliphatic carbocycles. The Bertz CT molecular complexity index is 1120. The number of hydrogen-bond donors (Lipinski definition) is 0. The summed E-state index contributed by atoms with van der Waals surface area (Å²) in [7, 11) is 0. The van der Waals surface area contributed by atoms with Crippen LogP contribution in [0, 0.1) is 23.4 Å². The van der Waals surface area contributed by atoms with E-state index in [1.807, 2.05) is 6.92 Å². The highest BCUT2D eigenvalue weighted by Gasteiger charge is 2.22. The average molecular weight is 454 g/mol. The molecule has 33 heavy (non-hydrogen) atoms. The number of ether oxygens (including phenoxy) is 3. The van der Waals surface area contributed by atoms with Gasteiger partial charge in [0.25, 0.3) is 0 Å². The first-order valence-corrected chi connectivity index (χ1v) is 10.8. The maximum absolute atomic E-state index is 14.8. The Labute approximate surface area is 191 Å². The van der Waals surface area contributed by atoms with Crippen LogP contribution in [-0.4, -0.2) is 19.8 Å². The molecule has 0 N–H and O–H groups in total. The molecule has 3 aromatic rings. The number of rotatable bonds is 7. The van der Waals surface area contributed by atoms with E-state index < -0.39 is 23.7 Å². The minimum absolute atomic E-state index is 0.103. The average Bonchev–Trinajstić information content (AvgIpc) is 2.83. The summed E-state index contributed by atoms with van der Waals surface area (Å²) in [5.41, 5.74) is 2.21. The molecule has 1 saturated heterocycles. The second kappa shape index (κ2) is 10.2. The normalized spacial score (nSPS) is 18.2. The predicted molar refractivity (Wildman–Crippen MR) is 121 cm³/mol. The van der Waals surface area contributed by atoms with Gasteiger partial charge in [0.05, 0.1) is 19.8 Å². The number of halogens is 3. The van der Waals surface area contributed by atoms with Crippen molar-refractivity contribution in [1.29, 1.82) is 0 Å². The van der Waals surface area contributed by atoms with E-state index in [2.05, 4.69) is 6.58 Å². The first-order chi connectivity index (χ1) is 16.0. The molecule has 1 heterocycles. The van der Waals surface area contributed by atoms with E-state index >= 15 is 0 Å². The Kier molecular flexibility index (Phi) is 7.16. The third kappa shape index (κ3) is 5.13. The van der Waals surface area contributed by atoms with Crippen molar-refractivity contribution in [3.05, 3.63) is 90.3 Å². The summed E-state index contributed by atoms with van der Waals surface area (Å²) >= 11 is 0. The van der Waals surface area contributed by atoms with Gasteiger partial charge in [0.2, 0.25) is 5.82 Å². The standard InChI is InChI=1S/C27H25F3O3/c1-3-4-13-31-24-12-11-22(25(29)26(24)30)19-7-5-18(6-8-19)21-10-9-20(14-23(21)28)27-32-15-17(2)16-33-27/h3,5-12,14,17,27H,1,4,13,15-16H2,2H3. The number of hydrogen-bond acceptors (Lipinski definition) is 3. The van der Waals surface area contributed by atoms with Crippen LogP contribution >= 0.6 is 0 Å². The molecule has 0 unspecified atom stereocenters. The fourth-order valence-corrected chi connectivity index (χ4v) is 3.65. The van der Waals surface area contributed by atoms with E-state index in [0.29, 0.717) is 47.8 Å². The van der Waals surface area contributed by atoms with Crippen LogP contribution < -0.4 is 4.74 Å². The molecule has 0 saturated carbocycles. The van der Waals surface area contributed by atoms with Gasteiger partial charge < -0.3 is 14.2 Å². The van der Waals surface area contributed by atoms with E-state index in [4.69, 9.17) is 14.2 Å². The molecule has 1 fully saturated rings. The molecule has 0 aromatic heterocycles. The largest absolute Gasteiger partial charge is 0.490 e. The zero-order chi connectivity index (χ0) is 23.4.